The van der Waals surface area contributed by atoms with Gasteiger partial charge in [0.2, 0.25) is 5.91 Å². The SMILES string of the molecule is O=C(/C=C/c1ccc2c(c1)CCO2)N(Cc1ccncc1)C1CC1. The Morgan fingerprint density at radius 1 is 1.25 bits per heavy atom. The summed E-state index contributed by atoms with van der Waals surface area (Å²) >= 11 is 0. The summed E-state index contributed by atoms with van der Waals surface area (Å²) in [5.74, 6) is 1.04. The van der Waals surface area contributed by atoms with Gasteiger partial charge in [0.25, 0.3) is 0 Å². The van der Waals surface area contributed by atoms with Crippen LogP contribution in [-0.2, 0) is 17.8 Å². The first kappa shape index (κ1) is 14.9. The van der Waals surface area contributed by atoms with E-state index >= 15 is 0 Å². The smallest absolute Gasteiger partial charge is 0.247 e. The fraction of sp³-hybridized carbons (Fsp3) is 0.300. The van der Waals surface area contributed by atoms with E-state index in [-0.39, 0.29) is 5.91 Å². The van der Waals surface area contributed by atoms with Crippen molar-refractivity contribution in [1.82, 2.24) is 9.88 Å². The fourth-order valence-electron chi connectivity index (χ4n) is 3.03. The van der Waals surface area contributed by atoms with Crippen molar-refractivity contribution in [2.24, 2.45) is 0 Å². The maximum Gasteiger partial charge on any atom is 0.247 e. The quantitative estimate of drug-likeness (QED) is 0.794. The van der Waals surface area contributed by atoms with Gasteiger partial charge in [-0.2, -0.15) is 0 Å². The standard InChI is InChI=1S/C20H20N2O2/c23-20(6-2-15-1-5-19-17(13-15)9-12-24-19)22(18-3-4-18)14-16-7-10-21-11-8-16/h1-2,5-8,10-11,13,18H,3-4,9,12,14H2/b6-2+. The number of ether oxygens (including phenoxy) is 1. The molecule has 1 aliphatic carbocycles. The highest BCUT2D eigenvalue weighted by atomic mass is 16.5. The molecule has 0 unspecified atom stereocenters. The lowest BCUT2D eigenvalue weighted by molar-refractivity contribution is -0.127. The molecular weight excluding hydrogens is 300 g/mol. The molecule has 122 valence electrons. The van der Waals surface area contributed by atoms with E-state index in [2.05, 4.69) is 11.1 Å². The number of rotatable bonds is 5. The van der Waals surface area contributed by atoms with Gasteiger partial charge in [0.1, 0.15) is 5.75 Å². The molecule has 2 aliphatic rings. The van der Waals surface area contributed by atoms with E-state index in [4.69, 9.17) is 4.74 Å². The molecule has 0 radical (unpaired) electrons. The molecule has 0 saturated heterocycles. The third-order valence-corrected chi connectivity index (χ3v) is 4.50. The summed E-state index contributed by atoms with van der Waals surface area (Å²) in [6.45, 7) is 1.40. The molecule has 24 heavy (non-hydrogen) atoms. The summed E-state index contributed by atoms with van der Waals surface area (Å²) in [5, 5.41) is 0. The van der Waals surface area contributed by atoms with Crippen LogP contribution in [0.1, 0.15) is 29.5 Å². The molecular formula is C20H20N2O2. The molecule has 0 bridgehead atoms. The molecule has 0 N–H and O–H groups in total. The number of carbonyl (C=O) groups excluding carboxylic acids is 1. The van der Waals surface area contributed by atoms with Gasteiger partial charge >= 0.3 is 0 Å². The van der Waals surface area contributed by atoms with E-state index in [1.54, 1.807) is 18.5 Å². The van der Waals surface area contributed by atoms with E-state index in [0.717, 1.165) is 42.7 Å². The molecule has 4 rings (SSSR count). The molecule has 1 amide bonds. The fourth-order valence-corrected chi connectivity index (χ4v) is 3.03. The van der Waals surface area contributed by atoms with Crippen molar-refractivity contribution >= 4 is 12.0 Å². The van der Waals surface area contributed by atoms with E-state index in [1.165, 1.54) is 5.56 Å². The number of carbonyl (C=O) groups is 1. The number of aromatic nitrogens is 1. The number of nitrogens with zero attached hydrogens (tertiary/aromatic N) is 2. The Balaban J connectivity index is 1.47. The number of amides is 1. The summed E-state index contributed by atoms with van der Waals surface area (Å²) in [6, 6.07) is 10.4. The molecule has 0 atom stereocenters. The molecule has 2 aromatic rings. The molecule has 1 aromatic carbocycles. The van der Waals surface area contributed by atoms with Gasteiger partial charge in [-0.15, -0.1) is 0 Å². The normalized spacial score (nSPS) is 16.0. The summed E-state index contributed by atoms with van der Waals surface area (Å²) in [4.78, 5) is 18.6. The van der Waals surface area contributed by atoms with Crippen molar-refractivity contribution < 1.29 is 9.53 Å². The van der Waals surface area contributed by atoms with Crippen molar-refractivity contribution in [3.63, 3.8) is 0 Å². The van der Waals surface area contributed by atoms with E-state index in [1.807, 2.05) is 35.2 Å². The molecule has 1 aromatic heterocycles. The van der Waals surface area contributed by atoms with E-state index < -0.39 is 0 Å². The third-order valence-electron chi connectivity index (χ3n) is 4.50. The van der Waals surface area contributed by atoms with Crippen LogP contribution >= 0.6 is 0 Å². The number of hydrogen-bond donors (Lipinski definition) is 0. The van der Waals surface area contributed by atoms with Crippen LogP contribution in [-0.4, -0.2) is 28.4 Å². The van der Waals surface area contributed by atoms with Crippen molar-refractivity contribution in [3.05, 3.63) is 65.5 Å². The second kappa shape index (κ2) is 6.48. The maximum absolute atomic E-state index is 12.6. The zero-order chi connectivity index (χ0) is 16.4. The minimum absolute atomic E-state index is 0.0751. The Bertz CT molecular complexity index is 766. The van der Waals surface area contributed by atoms with Crippen molar-refractivity contribution in [2.45, 2.75) is 31.8 Å². The highest BCUT2D eigenvalue weighted by molar-refractivity contribution is 5.92. The predicted molar refractivity (Wildman–Crippen MR) is 92.5 cm³/mol. The molecule has 1 saturated carbocycles. The molecule has 4 heteroatoms. The molecule has 4 nitrogen and oxygen atoms in total. The average molecular weight is 320 g/mol. The van der Waals surface area contributed by atoms with Gasteiger partial charge in [-0.05, 0) is 59.9 Å². The van der Waals surface area contributed by atoms with Gasteiger partial charge in [-0.3, -0.25) is 9.78 Å². The maximum atomic E-state index is 12.6. The van der Waals surface area contributed by atoms with Crippen molar-refractivity contribution in [1.29, 1.82) is 0 Å². The van der Waals surface area contributed by atoms with Gasteiger partial charge < -0.3 is 9.64 Å². The first-order valence-electron chi connectivity index (χ1n) is 8.43. The Hall–Kier alpha value is -2.62. The Kier molecular flexibility index (Phi) is 4.03. The van der Waals surface area contributed by atoms with Crippen LogP contribution < -0.4 is 4.74 Å². The van der Waals surface area contributed by atoms with Crippen molar-refractivity contribution in [2.75, 3.05) is 6.61 Å². The summed E-state index contributed by atoms with van der Waals surface area (Å²) < 4.78 is 5.52. The van der Waals surface area contributed by atoms with Crippen LogP contribution in [0.25, 0.3) is 6.08 Å². The molecule has 1 fully saturated rings. The first-order chi connectivity index (χ1) is 11.8. The van der Waals surface area contributed by atoms with Crippen LogP contribution in [0.5, 0.6) is 5.75 Å². The minimum atomic E-state index is 0.0751. The Morgan fingerprint density at radius 2 is 2.08 bits per heavy atom. The summed E-state index contributed by atoms with van der Waals surface area (Å²) in [7, 11) is 0. The van der Waals surface area contributed by atoms with E-state index in [0.29, 0.717) is 12.6 Å². The highest BCUT2D eigenvalue weighted by Gasteiger charge is 2.31. The second-order valence-electron chi connectivity index (χ2n) is 6.35. The molecule has 1 aliphatic heterocycles. The van der Waals surface area contributed by atoms with Crippen LogP contribution in [0.2, 0.25) is 0 Å². The predicted octanol–water partition coefficient (Wildman–Crippen LogP) is 3.22. The minimum Gasteiger partial charge on any atom is -0.493 e. The monoisotopic (exact) mass is 320 g/mol. The highest BCUT2D eigenvalue weighted by Crippen LogP contribution is 2.29. The lowest BCUT2D eigenvalue weighted by atomic mass is 10.1. The molecule has 0 spiro atoms. The number of hydrogen-bond acceptors (Lipinski definition) is 3. The van der Waals surface area contributed by atoms with Gasteiger partial charge in [0, 0.05) is 37.5 Å². The zero-order valence-electron chi connectivity index (χ0n) is 13.5. The summed E-state index contributed by atoms with van der Waals surface area (Å²) in [6.07, 6.45) is 10.3. The first-order valence-corrected chi connectivity index (χ1v) is 8.43. The van der Waals surface area contributed by atoms with Crippen LogP contribution in [0, 0.1) is 0 Å². The lowest BCUT2D eigenvalue weighted by Crippen LogP contribution is -2.31. The van der Waals surface area contributed by atoms with Gasteiger partial charge in [0.05, 0.1) is 6.61 Å². The van der Waals surface area contributed by atoms with Gasteiger partial charge in [0.15, 0.2) is 0 Å². The Morgan fingerprint density at radius 3 is 2.88 bits per heavy atom. The van der Waals surface area contributed by atoms with E-state index in [9.17, 15) is 4.79 Å². The van der Waals surface area contributed by atoms with Crippen LogP contribution in [0.3, 0.4) is 0 Å². The largest absolute Gasteiger partial charge is 0.493 e. The van der Waals surface area contributed by atoms with Crippen LogP contribution in [0.4, 0.5) is 0 Å². The third kappa shape index (κ3) is 3.32. The summed E-state index contributed by atoms with van der Waals surface area (Å²) in [5.41, 5.74) is 3.39. The Labute approximate surface area is 141 Å². The zero-order valence-corrected chi connectivity index (χ0v) is 13.5. The van der Waals surface area contributed by atoms with Gasteiger partial charge in [-0.25, -0.2) is 0 Å². The lowest BCUT2D eigenvalue weighted by Gasteiger charge is -2.20. The number of pyridine rings is 1. The number of fused-ring (bicyclic) bond motifs is 1. The average Bonchev–Trinajstić information content (AvgIpc) is 3.35. The molecule has 2 heterocycles. The van der Waals surface area contributed by atoms with Gasteiger partial charge in [-0.1, -0.05) is 6.07 Å². The van der Waals surface area contributed by atoms with Crippen molar-refractivity contribution in [3.8, 4) is 5.75 Å². The number of benzene rings is 1. The second-order valence-corrected chi connectivity index (χ2v) is 6.35. The van der Waals surface area contributed by atoms with Crippen LogP contribution in [0.15, 0.2) is 48.8 Å². The topological polar surface area (TPSA) is 42.4 Å².